The SMILES string of the molecule is CNC1CC(CC(O)C(C)C)CN(CC#N)C1. The number of piperidine rings is 1. The quantitative estimate of drug-likeness (QED) is 0.698. The molecule has 3 atom stereocenters. The molecule has 1 fully saturated rings. The molecule has 3 unspecified atom stereocenters. The fourth-order valence-electron chi connectivity index (χ4n) is 2.53. The second-order valence-electron chi connectivity index (χ2n) is 5.49. The molecule has 98 valence electrons. The molecule has 0 spiro atoms. The van der Waals surface area contributed by atoms with Crippen LogP contribution in [0.25, 0.3) is 0 Å². The summed E-state index contributed by atoms with van der Waals surface area (Å²) in [5.41, 5.74) is 0. The van der Waals surface area contributed by atoms with Crippen LogP contribution in [0.5, 0.6) is 0 Å². The van der Waals surface area contributed by atoms with E-state index in [0.29, 0.717) is 24.4 Å². The van der Waals surface area contributed by atoms with E-state index < -0.39 is 0 Å². The van der Waals surface area contributed by atoms with Gasteiger partial charge in [-0.3, -0.25) is 4.90 Å². The van der Waals surface area contributed by atoms with Gasteiger partial charge in [-0.05, 0) is 31.7 Å². The molecule has 0 radical (unpaired) electrons. The van der Waals surface area contributed by atoms with Crippen molar-refractivity contribution in [2.24, 2.45) is 11.8 Å². The predicted molar refractivity (Wildman–Crippen MR) is 68.5 cm³/mol. The average Bonchev–Trinajstić information content (AvgIpc) is 2.28. The molecule has 1 aliphatic heterocycles. The van der Waals surface area contributed by atoms with Gasteiger partial charge in [0.05, 0.1) is 18.7 Å². The van der Waals surface area contributed by atoms with Crippen molar-refractivity contribution in [3.05, 3.63) is 0 Å². The summed E-state index contributed by atoms with van der Waals surface area (Å²) in [6, 6.07) is 2.66. The van der Waals surface area contributed by atoms with E-state index >= 15 is 0 Å². The number of nitrogens with one attached hydrogen (secondary N) is 1. The monoisotopic (exact) mass is 239 g/mol. The molecule has 0 saturated carbocycles. The lowest BCUT2D eigenvalue weighted by atomic mass is 9.87. The van der Waals surface area contributed by atoms with Gasteiger partial charge in [0.15, 0.2) is 0 Å². The van der Waals surface area contributed by atoms with Gasteiger partial charge in [-0.25, -0.2) is 0 Å². The van der Waals surface area contributed by atoms with Crippen LogP contribution in [0.1, 0.15) is 26.7 Å². The van der Waals surface area contributed by atoms with Crippen molar-refractivity contribution in [1.29, 1.82) is 5.26 Å². The van der Waals surface area contributed by atoms with E-state index in [4.69, 9.17) is 5.26 Å². The number of rotatable bonds is 5. The lowest BCUT2D eigenvalue weighted by Gasteiger charge is -2.37. The molecule has 17 heavy (non-hydrogen) atoms. The molecule has 0 aliphatic carbocycles. The molecule has 0 aromatic heterocycles. The van der Waals surface area contributed by atoms with Crippen LogP contribution in [0, 0.1) is 23.2 Å². The molecular weight excluding hydrogens is 214 g/mol. The van der Waals surface area contributed by atoms with E-state index in [-0.39, 0.29) is 6.10 Å². The van der Waals surface area contributed by atoms with Crippen molar-refractivity contribution in [3.63, 3.8) is 0 Å². The largest absolute Gasteiger partial charge is 0.393 e. The number of hydrogen-bond acceptors (Lipinski definition) is 4. The minimum absolute atomic E-state index is 0.223. The molecule has 1 saturated heterocycles. The first-order valence-electron chi connectivity index (χ1n) is 6.51. The summed E-state index contributed by atoms with van der Waals surface area (Å²) in [5, 5.41) is 22.0. The molecular formula is C13H25N3O. The number of nitriles is 1. The third kappa shape index (κ3) is 4.63. The second-order valence-corrected chi connectivity index (χ2v) is 5.49. The van der Waals surface area contributed by atoms with E-state index in [0.717, 1.165) is 25.9 Å². The highest BCUT2D eigenvalue weighted by Gasteiger charge is 2.28. The van der Waals surface area contributed by atoms with Gasteiger partial charge in [-0.2, -0.15) is 5.26 Å². The zero-order chi connectivity index (χ0) is 12.8. The van der Waals surface area contributed by atoms with Crippen molar-refractivity contribution in [3.8, 4) is 6.07 Å². The number of hydrogen-bond donors (Lipinski definition) is 2. The van der Waals surface area contributed by atoms with Crippen molar-refractivity contribution >= 4 is 0 Å². The Balaban J connectivity index is 2.50. The summed E-state index contributed by atoms with van der Waals surface area (Å²) >= 11 is 0. The first kappa shape index (κ1) is 14.4. The summed E-state index contributed by atoms with van der Waals surface area (Å²) in [5.74, 6) is 0.807. The highest BCUT2D eigenvalue weighted by molar-refractivity contribution is 4.88. The average molecular weight is 239 g/mol. The van der Waals surface area contributed by atoms with Gasteiger partial charge >= 0.3 is 0 Å². The maximum absolute atomic E-state index is 9.95. The van der Waals surface area contributed by atoms with Crippen LogP contribution in [-0.2, 0) is 0 Å². The van der Waals surface area contributed by atoms with Crippen molar-refractivity contribution < 1.29 is 5.11 Å². The maximum atomic E-state index is 9.95. The topological polar surface area (TPSA) is 59.3 Å². The van der Waals surface area contributed by atoms with Crippen LogP contribution in [0.15, 0.2) is 0 Å². The molecule has 0 amide bonds. The van der Waals surface area contributed by atoms with Crippen LogP contribution in [0.4, 0.5) is 0 Å². The third-order valence-electron chi connectivity index (χ3n) is 3.66. The molecule has 1 aliphatic rings. The third-order valence-corrected chi connectivity index (χ3v) is 3.66. The number of nitrogens with zero attached hydrogens (tertiary/aromatic N) is 2. The normalized spacial score (nSPS) is 28.0. The number of aliphatic hydroxyl groups is 1. The summed E-state index contributed by atoms with van der Waals surface area (Å²) in [6.07, 6.45) is 1.72. The van der Waals surface area contributed by atoms with Gasteiger partial charge in [-0.1, -0.05) is 13.8 Å². The Morgan fingerprint density at radius 2 is 2.18 bits per heavy atom. The van der Waals surface area contributed by atoms with E-state index in [9.17, 15) is 5.11 Å². The Hall–Kier alpha value is -0.630. The predicted octanol–water partition coefficient (Wildman–Crippen LogP) is 0.827. The van der Waals surface area contributed by atoms with Crippen molar-refractivity contribution in [1.82, 2.24) is 10.2 Å². The highest BCUT2D eigenvalue weighted by atomic mass is 16.3. The van der Waals surface area contributed by atoms with Gasteiger partial charge in [0.2, 0.25) is 0 Å². The summed E-state index contributed by atoms with van der Waals surface area (Å²) in [6.45, 7) is 6.48. The summed E-state index contributed by atoms with van der Waals surface area (Å²) in [4.78, 5) is 2.18. The molecule has 0 aromatic rings. The van der Waals surface area contributed by atoms with E-state index in [1.165, 1.54) is 0 Å². The van der Waals surface area contributed by atoms with Crippen molar-refractivity contribution in [2.45, 2.75) is 38.8 Å². The van der Waals surface area contributed by atoms with Gasteiger partial charge in [0.1, 0.15) is 0 Å². The minimum atomic E-state index is -0.223. The highest BCUT2D eigenvalue weighted by Crippen LogP contribution is 2.23. The molecule has 0 aromatic carbocycles. The van der Waals surface area contributed by atoms with E-state index in [1.807, 2.05) is 7.05 Å². The van der Waals surface area contributed by atoms with Crippen LogP contribution in [0.3, 0.4) is 0 Å². The Kier molecular flexibility index (Phi) is 5.90. The summed E-state index contributed by atoms with van der Waals surface area (Å²) in [7, 11) is 1.97. The van der Waals surface area contributed by atoms with Gasteiger partial charge in [-0.15, -0.1) is 0 Å². The lowest BCUT2D eigenvalue weighted by molar-refractivity contribution is 0.0663. The van der Waals surface area contributed by atoms with E-state index in [1.54, 1.807) is 0 Å². The number of aliphatic hydroxyl groups excluding tert-OH is 1. The minimum Gasteiger partial charge on any atom is -0.393 e. The molecule has 0 bridgehead atoms. The van der Waals surface area contributed by atoms with E-state index in [2.05, 4.69) is 30.1 Å². The van der Waals surface area contributed by atoms with Gasteiger partial charge in [0.25, 0.3) is 0 Å². The van der Waals surface area contributed by atoms with Gasteiger partial charge in [0, 0.05) is 19.1 Å². The van der Waals surface area contributed by atoms with Crippen LogP contribution >= 0.6 is 0 Å². The standard InChI is InChI=1S/C13H25N3O/c1-10(2)13(17)7-11-6-12(15-3)9-16(8-11)5-4-14/h10-13,15,17H,5-9H2,1-3H3. The van der Waals surface area contributed by atoms with Crippen LogP contribution in [0.2, 0.25) is 0 Å². The van der Waals surface area contributed by atoms with Gasteiger partial charge < -0.3 is 10.4 Å². The zero-order valence-electron chi connectivity index (χ0n) is 11.2. The Labute approximate surface area is 105 Å². The first-order chi connectivity index (χ1) is 8.06. The van der Waals surface area contributed by atoms with Crippen molar-refractivity contribution in [2.75, 3.05) is 26.7 Å². The maximum Gasteiger partial charge on any atom is 0.0866 e. The number of likely N-dealkylation sites (N-methyl/N-ethyl adjacent to an activating group) is 1. The molecule has 1 heterocycles. The molecule has 2 N–H and O–H groups in total. The Morgan fingerprint density at radius 3 is 2.71 bits per heavy atom. The zero-order valence-corrected chi connectivity index (χ0v) is 11.2. The fraction of sp³-hybridized carbons (Fsp3) is 0.923. The number of likely N-dealkylation sites (tertiary alicyclic amines) is 1. The Morgan fingerprint density at radius 1 is 1.47 bits per heavy atom. The summed E-state index contributed by atoms with van der Waals surface area (Å²) < 4.78 is 0. The fourth-order valence-corrected chi connectivity index (χ4v) is 2.53. The molecule has 1 rings (SSSR count). The van der Waals surface area contributed by atoms with Crippen LogP contribution < -0.4 is 5.32 Å². The second kappa shape index (κ2) is 6.95. The molecule has 4 heteroatoms. The Bertz CT molecular complexity index is 262. The molecule has 4 nitrogen and oxygen atoms in total. The lowest BCUT2D eigenvalue weighted by Crippen LogP contribution is -2.49. The smallest absolute Gasteiger partial charge is 0.0866 e. The van der Waals surface area contributed by atoms with Crippen LogP contribution in [-0.4, -0.2) is 48.8 Å². The first-order valence-corrected chi connectivity index (χ1v) is 6.51.